The van der Waals surface area contributed by atoms with Gasteiger partial charge in [-0.1, -0.05) is 30.3 Å². The Kier molecular flexibility index (Phi) is 5.99. The quantitative estimate of drug-likeness (QED) is 0.427. The number of rotatable bonds is 7. The van der Waals surface area contributed by atoms with Gasteiger partial charge in [0.25, 0.3) is 0 Å². The van der Waals surface area contributed by atoms with Gasteiger partial charge < -0.3 is 9.88 Å². The van der Waals surface area contributed by atoms with Crippen molar-refractivity contribution < 1.29 is 17.2 Å². The zero-order chi connectivity index (χ0) is 22.9. The Bertz CT molecular complexity index is 1330. The van der Waals surface area contributed by atoms with E-state index in [0.29, 0.717) is 6.07 Å². The number of hydrogen-bond donors (Lipinski definition) is 2. The van der Waals surface area contributed by atoms with Crippen LogP contribution < -0.4 is 9.62 Å². The minimum absolute atomic E-state index is 0.0175. The molecule has 0 bridgehead atoms. The normalized spacial score (nSPS) is 12.8. The van der Waals surface area contributed by atoms with Crippen molar-refractivity contribution in [3.63, 3.8) is 0 Å². The summed E-state index contributed by atoms with van der Waals surface area (Å²) in [4.78, 5) is 4.76. The number of aromatic nitrogens is 1. The minimum atomic E-state index is -4.12. The molecule has 0 aliphatic carbocycles. The van der Waals surface area contributed by atoms with Crippen LogP contribution in [0.25, 0.3) is 10.9 Å². The van der Waals surface area contributed by atoms with Crippen LogP contribution in [0.2, 0.25) is 0 Å². The average molecular weight is 456 g/mol. The minimum Gasteiger partial charge on any atom is -0.378 e. The van der Waals surface area contributed by atoms with E-state index in [4.69, 9.17) is 0 Å². The van der Waals surface area contributed by atoms with E-state index in [9.17, 15) is 17.2 Å². The van der Waals surface area contributed by atoms with Gasteiger partial charge in [-0.2, -0.15) is 0 Å². The Labute approximate surface area is 185 Å². The fourth-order valence-corrected chi connectivity index (χ4v) is 4.84. The topological polar surface area (TPSA) is 65.2 Å². The molecule has 0 aliphatic rings. The average Bonchev–Trinajstić information content (AvgIpc) is 3.17. The molecular formula is C24H23F2N3O2S. The number of halogens is 2. The molecule has 5 nitrogen and oxygen atoms in total. The molecule has 0 saturated heterocycles. The van der Waals surface area contributed by atoms with Crippen molar-refractivity contribution in [1.82, 2.24) is 9.71 Å². The van der Waals surface area contributed by atoms with E-state index in [0.717, 1.165) is 39.8 Å². The lowest BCUT2D eigenvalue weighted by molar-refractivity contribution is 0.559. The largest absolute Gasteiger partial charge is 0.378 e. The lowest BCUT2D eigenvalue weighted by atomic mass is 9.91. The molecule has 2 N–H and O–H groups in total. The first kappa shape index (κ1) is 22.0. The second-order valence-corrected chi connectivity index (χ2v) is 9.55. The second-order valence-electron chi connectivity index (χ2n) is 7.79. The van der Waals surface area contributed by atoms with E-state index >= 15 is 0 Å². The fourth-order valence-electron chi connectivity index (χ4n) is 3.75. The van der Waals surface area contributed by atoms with Crippen LogP contribution in [0.5, 0.6) is 0 Å². The molecule has 0 aliphatic heterocycles. The summed E-state index contributed by atoms with van der Waals surface area (Å²) in [6, 6.07) is 17.9. The van der Waals surface area contributed by atoms with Crippen molar-refractivity contribution in [2.75, 3.05) is 25.5 Å². The first-order valence-electron chi connectivity index (χ1n) is 10.0. The summed E-state index contributed by atoms with van der Waals surface area (Å²) >= 11 is 0. The van der Waals surface area contributed by atoms with Crippen LogP contribution >= 0.6 is 0 Å². The van der Waals surface area contributed by atoms with Crippen molar-refractivity contribution in [1.29, 1.82) is 0 Å². The lowest BCUT2D eigenvalue weighted by Crippen LogP contribution is -2.29. The van der Waals surface area contributed by atoms with Gasteiger partial charge in [-0.15, -0.1) is 0 Å². The molecule has 1 aromatic heterocycles. The van der Waals surface area contributed by atoms with Crippen LogP contribution in [0.1, 0.15) is 17.0 Å². The van der Waals surface area contributed by atoms with Gasteiger partial charge in [0.05, 0.1) is 4.90 Å². The summed E-state index contributed by atoms with van der Waals surface area (Å²) < 4.78 is 55.3. The predicted octanol–water partition coefficient (Wildman–Crippen LogP) is 4.62. The van der Waals surface area contributed by atoms with Gasteiger partial charge in [-0.25, -0.2) is 21.9 Å². The molecule has 0 radical (unpaired) electrons. The monoisotopic (exact) mass is 455 g/mol. The third-order valence-corrected chi connectivity index (χ3v) is 6.84. The van der Waals surface area contributed by atoms with Crippen molar-refractivity contribution >= 4 is 26.6 Å². The Morgan fingerprint density at radius 1 is 0.969 bits per heavy atom. The molecule has 0 unspecified atom stereocenters. The Balaban J connectivity index is 1.71. The number of nitrogens with zero attached hydrogens (tertiary/aromatic N) is 1. The summed E-state index contributed by atoms with van der Waals surface area (Å²) in [6.45, 7) is 0.0175. The van der Waals surface area contributed by atoms with E-state index in [1.807, 2.05) is 73.7 Å². The third kappa shape index (κ3) is 4.51. The fraction of sp³-hybridized carbons (Fsp3) is 0.167. The maximum Gasteiger partial charge on any atom is 0.240 e. The zero-order valence-electron chi connectivity index (χ0n) is 17.6. The molecule has 1 heterocycles. The van der Waals surface area contributed by atoms with Gasteiger partial charge in [0.15, 0.2) is 0 Å². The molecule has 4 rings (SSSR count). The Morgan fingerprint density at radius 3 is 2.28 bits per heavy atom. The van der Waals surface area contributed by atoms with Crippen LogP contribution in [-0.4, -0.2) is 34.0 Å². The van der Waals surface area contributed by atoms with Crippen LogP contribution in [-0.2, 0) is 10.0 Å². The first-order valence-corrected chi connectivity index (χ1v) is 11.5. The highest BCUT2D eigenvalue weighted by Gasteiger charge is 2.23. The van der Waals surface area contributed by atoms with Crippen LogP contribution in [0.4, 0.5) is 14.5 Å². The second kappa shape index (κ2) is 8.72. The van der Waals surface area contributed by atoms with Gasteiger partial charge >= 0.3 is 0 Å². The zero-order valence-corrected chi connectivity index (χ0v) is 18.5. The first-order chi connectivity index (χ1) is 15.2. The molecular weight excluding hydrogens is 432 g/mol. The van der Waals surface area contributed by atoms with Gasteiger partial charge in [0.2, 0.25) is 10.0 Å². The van der Waals surface area contributed by atoms with Crippen molar-refractivity contribution in [3.05, 3.63) is 95.7 Å². The van der Waals surface area contributed by atoms with Gasteiger partial charge in [0.1, 0.15) is 11.6 Å². The number of sulfonamides is 1. The summed E-state index contributed by atoms with van der Waals surface area (Å²) in [7, 11) is -0.237. The smallest absolute Gasteiger partial charge is 0.240 e. The summed E-state index contributed by atoms with van der Waals surface area (Å²) in [6.07, 6.45) is 1.87. The number of fused-ring (bicyclic) bond motifs is 1. The molecule has 166 valence electrons. The lowest BCUT2D eigenvalue weighted by Gasteiger charge is -2.20. The molecule has 8 heteroatoms. The van der Waals surface area contributed by atoms with Gasteiger partial charge in [-0.05, 0) is 41.5 Å². The summed E-state index contributed by atoms with van der Waals surface area (Å²) in [5, 5.41) is 0.977. The standard InChI is InChI=1S/C24H23F2N3O2S/c1-29(2)19-9-7-16(8-10-19)22(23-14-27-24-6-4-3-5-21(23)24)15-28-32(30,31)20-12-17(25)11-18(26)13-20/h3-14,22,27-28H,15H2,1-2H3/t22-/m0/s1. The van der Waals surface area contributed by atoms with Crippen LogP contribution in [0.15, 0.2) is 77.8 Å². The molecule has 0 saturated carbocycles. The predicted molar refractivity (Wildman–Crippen MR) is 122 cm³/mol. The van der Waals surface area contributed by atoms with Crippen molar-refractivity contribution in [2.45, 2.75) is 10.8 Å². The highest BCUT2D eigenvalue weighted by atomic mass is 32.2. The molecule has 1 atom stereocenters. The molecule has 4 aromatic rings. The summed E-state index contributed by atoms with van der Waals surface area (Å²) in [5.74, 6) is -2.22. The summed E-state index contributed by atoms with van der Waals surface area (Å²) in [5.41, 5.74) is 3.79. The van der Waals surface area contributed by atoms with E-state index < -0.39 is 26.6 Å². The van der Waals surface area contributed by atoms with Gasteiger partial charge in [-0.3, -0.25) is 0 Å². The number of H-pyrrole nitrogens is 1. The van der Waals surface area contributed by atoms with E-state index in [2.05, 4.69) is 9.71 Å². The maximum absolute atomic E-state index is 13.6. The number of hydrogen-bond acceptors (Lipinski definition) is 3. The van der Waals surface area contributed by atoms with Crippen LogP contribution in [0.3, 0.4) is 0 Å². The maximum atomic E-state index is 13.6. The number of benzene rings is 3. The number of nitrogens with one attached hydrogen (secondary N) is 2. The van der Waals surface area contributed by atoms with E-state index in [-0.39, 0.29) is 12.5 Å². The SMILES string of the molecule is CN(C)c1ccc([C@H](CNS(=O)(=O)c2cc(F)cc(F)c2)c2c[nH]c3ccccc23)cc1. The number of aromatic amines is 1. The third-order valence-electron chi connectivity index (χ3n) is 5.43. The Morgan fingerprint density at radius 2 is 1.62 bits per heavy atom. The molecule has 0 amide bonds. The molecule has 0 spiro atoms. The van der Waals surface area contributed by atoms with Crippen molar-refractivity contribution in [3.8, 4) is 0 Å². The number of anilines is 1. The molecule has 0 fully saturated rings. The Hall–Kier alpha value is -3.23. The highest BCUT2D eigenvalue weighted by Crippen LogP contribution is 2.32. The van der Waals surface area contributed by atoms with Gasteiger partial charge in [0, 0.05) is 55.4 Å². The molecule has 32 heavy (non-hydrogen) atoms. The van der Waals surface area contributed by atoms with E-state index in [1.54, 1.807) is 0 Å². The molecule has 3 aromatic carbocycles. The van der Waals surface area contributed by atoms with Crippen LogP contribution in [0, 0.1) is 11.6 Å². The van der Waals surface area contributed by atoms with E-state index in [1.165, 1.54) is 0 Å². The highest BCUT2D eigenvalue weighted by molar-refractivity contribution is 7.89. The number of para-hydroxylation sites is 1. The van der Waals surface area contributed by atoms with Crippen molar-refractivity contribution in [2.24, 2.45) is 0 Å².